The molecule has 5 nitrogen and oxygen atoms in total. The molecule has 0 radical (unpaired) electrons. The third kappa shape index (κ3) is 2.95. The van der Waals surface area contributed by atoms with Gasteiger partial charge in [0, 0.05) is 41.9 Å². The predicted octanol–water partition coefficient (Wildman–Crippen LogP) is 4.70. The molecule has 7 atom stereocenters. The molecule has 0 bridgehead atoms. The molecule has 0 N–H and O–H groups in total. The summed E-state index contributed by atoms with van der Waals surface area (Å²) < 4.78 is 23.1. The normalized spacial score (nSPS) is 43.9. The second kappa shape index (κ2) is 7.86. The molecular formula is C26H32ClFO5. The first-order valence-corrected chi connectivity index (χ1v) is 12.4. The summed E-state index contributed by atoms with van der Waals surface area (Å²) in [6.07, 6.45) is 6.19. The lowest BCUT2D eigenvalue weighted by Gasteiger charge is -2.59. The second-order valence-electron chi connectivity index (χ2n) is 10.7. The molecule has 0 aliphatic heterocycles. The Labute approximate surface area is 199 Å². The van der Waals surface area contributed by atoms with Crippen molar-refractivity contribution in [1.82, 2.24) is 0 Å². The molecule has 33 heavy (non-hydrogen) atoms. The summed E-state index contributed by atoms with van der Waals surface area (Å²) in [4.78, 5) is 51.8. The van der Waals surface area contributed by atoms with Gasteiger partial charge in [0.15, 0.2) is 28.6 Å². The van der Waals surface area contributed by atoms with Gasteiger partial charge in [-0.3, -0.25) is 19.2 Å². The number of carbonyl (C=O) groups is 4. The number of rotatable bonds is 5. The Balaban J connectivity index is 1.85. The largest absolute Gasteiger partial charge is 0.450 e. The number of alkyl halides is 2. The van der Waals surface area contributed by atoms with Crippen LogP contribution in [-0.4, -0.2) is 40.5 Å². The number of ketones is 3. The molecule has 0 aromatic heterocycles. The van der Waals surface area contributed by atoms with Gasteiger partial charge in [-0.1, -0.05) is 38.5 Å². The quantitative estimate of drug-likeness (QED) is 0.325. The lowest BCUT2D eigenvalue weighted by atomic mass is 9.45. The Morgan fingerprint density at radius 3 is 2.58 bits per heavy atom. The zero-order chi connectivity index (χ0) is 24.4. The van der Waals surface area contributed by atoms with Crippen LogP contribution in [0.15, 0.2) is 23.8 Å². The number of allylic oxidation sites excluding steroid dienone is 4. The predicted molar refractivity (Wildman–Crippen MR) is 121 cm³/mol. The number of hydrogen-bond donors (Lipinski definition) is 0. The zero-order valence-electron chi connectivity index (χ0n) is 19.7. The highest BCUT2D eigenvalue weighted by Gasteiger charge is 2.77. The molecule has 0 heterocycles. The molecule has 0 saturated heterocycles. The maximum atomic E-state index is 17.1. The molecule has 1 unspecified atom stereocenters. The van der Waals surface area contributed by atoms with Crippen LogP contribution in [0, 0.1) is 28.6 Å². The third-order valence-electron chi connectivity index (χ3n) is 9.17. The van der Waals surface area contributed by atoms with Crippen LogP contribution in [-0.2, 0) is 23.9 Å². The fourth-order valence-electron chi connectivity index (χ4n) is 7.57. The summed E-state index contributed by atoms with van der Waals surface area (Å²) in [6, 6.07) is 0. The summed E-state index contributed by atoms with van der Waals surface area (Å²) in [7, 11) is 0. The van der Waals surface area contributed by atoms with Crippen LogP contribution in [0.4, 0.5) is 4.39 Å². The van der Waals surface area contributed by atoms with E-state index in [1.807, 2.05) is 19.9 Å². The minimum absolute atomic E-state index is 0.0991. The number of esters is 1. The van der Waals surface area contributed by atoms with Gasteiger partial charge in [0.2, 0.25) is 0 Å². The average molecular weight is 479 g/mol. The fraction of sp³-hybridized carbons (Fsp3) is 0.692. The van der Waals surface area contributed by atoms with Gasteiger partial charge in [0.05, 0.1) is 5.88 Å². The van der Waals surface area contributed by atoms with Gasteiger partial charge in [-0.15, -0.1) is 11.6 Å². The Morgan fingerprint density at radius 2 is 1.94 bits per heavy atom. The smallest absolute Gasteiger partial charge is 0.306 e. The van der Waals surface area contributed by atoms with E-state index >= 15 is 4.39 Å². The minimum atomic E-state index is -2.19. The van der Waals surface area contributed by atoms with E-state index in [1.165, 1.54) is 6.08 Å². The molecular weight excluding hydrogens is 447 g/mol. The maximum Gasteiger partial charge on any atom is 0.306 e. The van der Waals surface area contributed by atoms with Gasteiger partial charge in [-0.05, 0) is 38.2 Å². The van der Waals surface area contributed by atoms with E-state index in [-0.39, 0.29) is 36.8 Å². The van der Waals surface area contributed by atoms with Crippen LogP contribution < -0.4 is 0 Å². The first-order chi connectivity index (χ1) is 15.4. The van der Waals surface area contributed by atoms with Crippen molar-refractivity contribution in [3.8, 4) is 0 Å². The van der Waals surface area contributed by atoms with Crippen LogP contribution in [0.5, 0.6) is 0 Å². The number of halogens is 2. The van der Waals surface area contributed by atoms with Crippen molar-refractivity contribution in [1.29, 1.82) is 0 Å². The van der Waals surface area contributed by atoms with Gasteiger partial charge in [0.25, 0.3) is 0 Å². The molecule has 0 aromatic carbocycles. The maximum absolute atomic E-state index is 17.1. The highest BCUT2D eigenvalue weighted by molar-refractivity contribution is 6.29. The van der Waals surface area contributed by atoms with E-state index in [1.54, 1.807) is 19.9 Å². The topological polar surface area (TPSA) is 77.5 Å². The second-order valence-corrected chi connectivity index (χ2v) is 11.0. The Bertz CT molecular complexity index is 987. The van der Waals surface area contributed by atoms with Crippen LogP contribution in [0.25, 0.3) is 0 Å². The van der Waals surface area contributed by atoms with E-state index in [4.69, 9.17) is 16.3 Å². The first kappa shape index (κ1) is 24.3. The number of hydrogen-bond acceptors (Lipinski definition) is 5. The van der Waals surface area contributed by atoms with Gasteiger partial charge in [-0.25, -0.2) is 4.39 Å². The molecule has 0 aromatic rings. The van der Waals surface area contributed by atoms with Crippen molar-refractivity contribution >= 4 is 34.9 Å². The molecule has 0 amide bonds. The monoisotopic (exact) mass is 478 g/mol. The fourth-order valence-corrected chi connectivity index (χ4v) is 7.77. The summed E-state index contributed by atoms with van der Waals surface area (Å²) in [5, 5.41) is 0. The molecule has 2 fully saturated rings. The van der Waals surface area contributed by atoms with E-state index in [0.29, 0.717) is 24.8 Å². The average Bonchev–Trinajstić information content (AvgIpc) is 2.97. The highest BCUT2D eigenvalue weighted by Crippen LogP contribution is 2.70. The molecule has 4 aliphatic rings. The molecule has 180 valence electrons. The van der Waals surface area contributed by atoms with Crippen molar-refractivity contribution in [3.05, 3.63) is 23.8 Å². The van der Waals surface area contributed by atoms with Gasteiger partial charge in [0.1, 0.15) is 0 Å². The molecule has 7 heteroatoms. The van der Waals surface area contributed by atoms with Gasteiger partial charge in [-0.2, -0.15) is 0 Å². The molecule has 2 saturated carbocycles. The highest BCUT2D eigenvalue weighted by atomic mass is 35.5. The summed E-state index contributed by atoms with van der Waals surface area (Å²) in [6.45, 7) is 7.18. The summed E-state index contributed by atoms with van der Waals surface area (Å²) in [5.74, 6) is -3.42. The van der Waals surface area contributed by atoms with Crippen molar-refractivity contribution in [3.63, 3.8) is 0 Å². The Kier molecular flexibility index (Phi) is 5.79. The molecule has 0 spiro atoms. The van der Waals surface area contributed by atoms with E-state index in [2.05, 4.69) is 0 Å². The van der Waals surface area contributed by atoms with Gasteiger partial charge < -0.3 is 4.74 Å². The summed E-state index contributed by atoms with van der Waals surface area (Å²) >= 11 is 6.02. The number of ether oxygens (including phenoxy) is 1. The number of carbonyl (C=O) groups excluding carboxylic acids is 4. The van der Waals surface area contributed by atoms with Crippen LogP contribution in [0.2, 0.25) is 0 Å². The van der Waals surface area contributed by atoms with Crippen LogP contribution >= 0.6 is 11.6 Å². The van der Waals surface area contributed by atoms with E-state index in [9.17, 15) is 19.2 Å². The van der Waals surface area contributed by atoms with E-state index in [0.717, 1.165) is 0 Å². The van der Waals surface area contributed by atoms with Crippen molar-refractivity contribution in [2.75, 3.05) is 5.88 Å². The van der Waals surface area contributed by atoms with E-state index < -0.39 is 51.5 Å². The standard InChI is InChI=1S/C26H32ClFO5/c1-5-6-22(32)33-26(21(31)14-27)15(2)11-19-18-8-7-16-12-17(29)9-10-23(16,3)25(18,28)20(30)13-24(19,26)4/h7,9-10,15,18-19H,5-6,8,11-14H2,1-4H3/t15-,18-,19-,23-,24-,25?,26-/m0/s1. The van der Waals surface area contributed by atoms with Crippen LogP contribution in [0.3, 0.4) is 0 Å². The third-order valence-corrected chi connectivity index (χ3v) is 9.41. The van der Waals surface area contributed by atoms with Crippen molar-refractivity contribution < 1.29 is 28.3 Å². The zero-order valence-corrected chi connectivity index (χ0v) is 20.5. The SMILES string of the molecule is CCCC(=O)O[C@]1(C(=O)CCl)[C@@H](C)C[C@H]2[C@@H]3CC=C4CC(=O)C=C[C@]4(C)C3(F)C(=O)C[C@@]21C. The lowest BCUT2D eigenvalue weighted by Crippen LogP contribution is -2.68. The van der Waals surface area contributed by atoms with Gasteiger partial charge >= 0.3 is 5.97 Å². The first-order valence-electron chi connectivity index (χ1n) is 11.9. The lowest BCUT2D eigenvalue weighted by molar-refractivity contribution is -0.200. The van der Waals surface area contributed by atoms with Crippen LogP contribution in [0.1, 0.15) is 66.2 Å². The number of Topliss-reactive ketones (excluding diaryl/α,β-unsaturated/α-hetero) is 2. The van der Waals surface area contributed by atoms with Crippen molar-refractivity contribution in [2.45, 2.75) is 77.5 Å². The Hall–Kier alpha value is -1.82. The molecule has 4 rings (SSSR count). The molecule has 4 aliphatic carbocycles. The minimum Gasteiger partial charge on any atom is -0.450 e. The Morgan fingerprint density at radius 1 is 1.24 bits per heavy atom. The summed E-state index contributed by atoms with van der Waals surface area (Å²) in [5.41, 5.74) is -5.37. The van der Waals surface area contributed by atoms with Crippen molar-refractivity contribution in [2.24, 2.45) is 28.6 Å². The number of fused-ring (bicyclic) bond motifs is 5.